The van der Waals surface area contributed by atoms with Crippen molar-refractivity contribution in [3.05, 3.63) is 113 Å². The largest absolute Gasteiger partial charge is 0.351 e. The quantitative estimate of drug-likeness (QED) is 0.338. The van der Waals surface area contributed by atoms with E-state index >= 15 is 0 Å². The monoisotopic (exact) mass is 488 g/mol. The molecule has 1 unspecified atom stereocenters. The maximum Gasteiger partial charge on any atom is 0.258 e. The molecule has 1 aromatic heterocycles. The number of allylic oxidation sites excluding steroid dienone is 1. The van der Waals surface area contributed by atoms with Crippen LogP contribution >= 0.6 is 12.2 Å². The van der Waals surface area contributed by atoms with Crippen LogP contribution in [0.3, 0.4) is 0 Å². The molecular formula is C27H22F2N4OS. The summed E-state index contributed by atoms with van der Waals surface area (Å²) in [5.41, 5.74) is 4.90. The van der Waals surface area contributed by atoms with E-state index < -0.39 is 11.9 Å². The van der Waals surface area contributed by atoms with Crippen molar-refractivity contribution in [2.24, 2.45) is 0 Å². The second-order valence-electron chi connectivity index (χ2n) is 8.38. The van der Waals surface area contributed by atoms with Crippen LogP contribution in [0.1, 0.15) is 35.5 Å². The predicted octanol–water partition coefficient (Wildman–Crippen LogP) is 6.19. The highest BCUT2D eigenvalue weighted by molar-refractivity contribution is 7.80. The molecule has 1 aliphatic rings. The Labute approximate surface area is 207 Å². The smallest absolute Gasteiger partial charge is 0.258 e. The van der Waals surface area contributed by atoms with E-state index in [4.69, 9.17) is 16.7 Å². The summed E-state index contributed by atoms with van der Waals surface area (Å²) in [6.45, 7) is 4.52. The molecule has 0 spiro atoms. The Morgan fingerprint density at radius 2 is 1.71 bits per heavy atom. The molecule has 5 rings (SSSR count). The van der Waals surface area contributed by atoms with Crippen LogP contribution < -0.4 is 5.32 Å². The zero-order valence-corrected chi connectivity index (χ0v) is 19.9. The number of hydrogen-bond acceptors (Lipinski definition) is 4. The minimum absolute atomic E-state index is 0.251. The summed E-state index contributed by atoms with van der Waals surface area (Å²) >= 11 is 5.73. The summed E-state index contributed by atoms with van der Waals surface area (Å²) in [7, 11) is 0. The molecule has 0 bridgehead atoms. The van der Waals surface area contributed by atoms with E-state index in [-0.39, 0.29) is 17.5 Å². The molecule has 0 fully saturated rings. The molecule has 0 amide bonds. The maximum atomic E-state index is 14.1. The van der Waals surface area contributed by atoms with Crippen molar-refractivity contribution in [2.45, 2.75) is 26.4 Å². The minimum Gasteiger partial charge on any atom is -0.351 e. The van der Waals surface area contributed by atoms with E-state index in [1.807, 2.05) is 30.0 Å². The Morgan fingerprint density at radius 1 is 0.971 bits per heavy atom. The fraction of sp³-hybridized carbons (Fsp3) is 0.148. The van der Waals surface area contributed by atoms with Gasteiger partial charge in [-0.2, -0.15) is 4.98 Å². The van der Waals surface area contributed by atoms with Gasteiger partial charge >= 0.3 is 0 Å². The second kappa shape index (κ2) is 9.38. The van der Waals surface area contributed by atoms with Crippen molar-refractivity contribution in [1.29, 1.82) is 0 Å². The molecule has 1 aliphatic heterocycles. The van der Waals surface area contributed by atoms with E-state index in [2.05, 4.69) is 34.5 Å². The molecule has 0 saturated heterocycles. The normalized spacial score (nSPS) is 15.9. The molecule has 4 aromatic rings. The molecule has 5 nitrogen and oxygen atoms in total. The number of hydrogen-bond donors (Lipinski definition) is 1. The van der Waals surface area contributed by atoms with Gasteiger partial charge in [0.1, 0.15) is 11.6 Å². The summed E-state index contributed by atoms with van der Waals surface area (Å²) in [6, 6.07) is 19.9. The van der Waals surface area contributed by atoms with E-state index in [0.717, 1.165) is 16.8 Å². The van der Waals surface area contributed by atoms with Crippen molar-refractivity contribution < 1.29 is 13.3 Å². The number of aromatic nitrogens is 2. The summed E-state index contributed by atoms with van der Waals surface area (Å²) in [5, 5.41) is 7.92. The van der Waals surface area contributed by atoms with Crippen LogP contribution in [0, 0.1) is 18.6 Å². The first-order chi connectivity index (χ1) is 16.9. The van der Waals surface area contributed by atoms with Crippen molar-refractivity contribution in [3.63, 3.8) is 0 Å². The van der Waals surface area contributed by atoms with E-state index in [1.165, 1.54) is 24.3 Å². The van der Waals surface area contributed by atoms with Crippen molar-refractivity contribution in [2.75, 3.05) is 0 Å². The van der Waals surface area contributed by atoms with Gasteiger partial charge in [-0.15, -0.1) is 0 Å². The van der Waals surface area contributed by atoms with Crippen molar-refractivity contribution in [1.82, 2.24) is 20.4 Å². The molecule has 176 valence electrons. The van der Waals surface area contributed by atoms with Gasteiger partial charge in [0.2, 0.25) is 5.82 Å². The Bertz CT molecular complexity index is 1450. The molecule has 8 heteroatoms. The molecule has 0 saturated carbocycles. The average Bonchev–Trinajstić information content (AvgIpc) is 3.32. The summed E-state index contributed by atoms with van der Waals surface area (Å²) < 4.78 is 33.6. The molecule has 35 heavy (non-hydrogen) atoms. The van der Waals surface area contributed by atoms with Crippen LogP contribution in [-0.4, -0.2) is 20.2 Å². The number of aryl methyl sites for hydroxylation is 1. The molecule has 2 heterocycles. The summed E-state index contributed by atoms with van der Waals surface area (Å²) in [4.78, 5) is 6.54. The summed E-state index contributed by atoms with van der Waals surface area (Å²) in [5.74, 6) is -0.242. The van der Waals surface area contributed by atoms with Crippen LogP contribution in [-0.2, 0) is 6.54 Å². The number of halogens is 2. The average molecular weight is 489 g/mol. The zero-order valence-electron chi connectivity index (χ0n) is 19.1. The van der Waals surface area contributed by atoms with Gasteiger partial charge in [0, 0.05) is 11.3 Å². The fourth-order valence-electron chi connectivity index (χ4n) is 4.22. The highest BCUT2D eigenvalue weighted by Gasteiger charge is 2.34. The Hall–Kier alpha value is -3.91. The predicted molar refractivity (Wildman–Crippen MR) is 134 cm³/mol. The fourth-order valence-corrected chi connectivity index (χ4v) is 4.54. The molecule has 0 aliphatic carbocycles. The minimum atomic E-state index is -0.507. The number of nitrogens with one attached hydrogen (secondary N) is 1. The Kier molecular flexibility index (Phi) is 6.13. The topological polar surface area (TPSA) is 54.2 Å². The lowest BCUT2D eigenvalue weighted by molar-refractivity contribution is 0.396. The molecule has 1 N–H and O–H groups in total. The van der Waals surface area contributed by atoms with E-state index in [0.29, 0.717) is 28.4 Å². The highest BCUT2D eigenvalue weighted by atomic mass is 32.1. The van der Waals surface area contributed by atoms with Crippen molar-refractivity contribution >= 4 is 22.9 Å². The van der Waals surface area contributed by atoms with Gasteiger partial charge < -0.3 is 14.7 Å². The highest BCUT2D eigenvalue weighted by Crippen LogP contribution is 2.38. The van der Waals surface area contributed by atoms with E-state index in [1.54, 1.807) is 18.2 Å². The van der Waals surface area contributed by atoms with Crippen LogP contribution in [0.25, 0.3) is 17.0 Å². The standard InChI is InChI=1S/C27H22F2N4OS/c1-16-7-3-4-8-20(16)15-33-17(2)23(24(30-27(33)35)18-9-5-11-21(28)13-18)26-31-25(32-34-26)19-10-6-12-22(29)14-19/h3-14,24H,15H2,1-2H3,(H,30,35). The van der Waals surface area contributed by atoms with Crippen LogP contribution in [0.15, 0.2) is 83.0 Å². The molecule has 3 aromatic carbocycles. The molecule has 1 atom stereocenters. The lowest BCUT2D eigenvalue weighted by Crippen LogP contribution is -2.45. The van der Waals surface area contributed by atoms with Gasteiger partial charge in [-0.05, 0) is 67.0 Å². The van der Waals surface area contributed by atoms with Gasteiger partial charge in [0.15, 0.2) is 5.11 Å². The number of rotatable bonds is 5. The summed E-state index contributed by atoms with van der Waals surface area (Å²) in [6.07, 6.45) is 0. The van der Waals surface area contributed by atoms with Crippen LogP contribution in [0.4, 0.5) is 8.78 Å². The third-order valence-electron chi connectivity index (χ3n) is 6.11. The first kappa shape index (κ1) is 22.9. The second-order valence-corrected chi connectivity index (χ2v) is 8.77. The van der Waals surface area contributed by atoms with Gasteiger partial charge in [0.05, 0.1) is 18.2 Å². The molecular weight excluding hydrogens is 466 g/mol. The van der Waals surface area contributed by atoms with E-state index in [9.17, 15) is 8.78 Å². The third kappa shape index (κ3) is 4.57. The van der Waals surface area contributed by atoms with Crippen LogP contribution in [0.2, 0.25) is 0 Å². The van der Waals surface area contributed by atoms with Crippen LogP contribution in [0.5, 0.6) is 0 Å². The van der Waals surface area contributed by atoms with Gasteiger partial charge in [-0.25, -0.2) is 8.78 Å². The lowest BCUT2D eigenvalue weighted by atomic mass is 9.94. The SMILES string of the molecule is CC1=C(c2nc(-c3cccc(F)c3)no2)C(c2cccc(F)c2)NC(=S)N1Cc1ccccc1C. The molecule has 0 radical (unpaired) electrons. The maximum absolute atomic E-state index is 14.1. The Morgan fingerprint density at radius 3 is 2.46 bits per heavy atom. The first-order valence-electron chi connectivity index (χ1n) is 11.1. The third-order valence-corrected chi connectivity index (χ3v) is 6.45. The van der Waals surface area contributed by atoms with Gasteiger partial charge in [0.25, 0.3) is 5.89 Å². The lowest BCUT2D eigenvalue weighted by Gasteiger charge is -2.37. The first-order valence-corrected chi connectivity index (χ1v) is 11.5. The number of benzene rings is 3. The van der Waals surface area contributed by atoms with Crippen molar-refractivity contribution in [3.8, 4) is 11.4 Å². The number of nitrogens with zero attached hydrogens (tertiary/aromatic N) is 3. The van der Waals surface area contributed by atoms with Gasteiger partial charge in [-0.1, -0.05) is 53.7 Å². The zero-order chi connectivity index (χ0) is 24.5. The van der Waals surface area contributed by atoms with Gasteiger partial charge in [-0.3, -0.25) is 0 Å². The number of thiocarbonyl (C=S) groups is 1. The Balaban J connectivity index is 1.62.